The average molecular weight is 304 g/mol. The summed E-state index contributed by atoms with van der Waals surface area (Å²) < 4.78 is 45.0. The maximum atomic E-state index is 12.1. The Morgan fingerprint density at radius 2 is 1.80 bits per heavy atom. The van der Waals surface area contributed by atoms with E-state index < -0.39 is 6.36 Å². The fourth-order valence-electron chi connectivity index (χ4n) is 1.59. The SMILES string of the molecule is COc1cc(-c2ccc(OC(F)(F)F)cc2)c(Cl)cn1. The van der Waals surface area contributed by atoms with Gasteiger partial charge in [0.25, 0.3) is 0 Å². The highest BCUT2D eigenvalue weighted by molar-refractivity contribution is 6.33. The van der Waals surface area contributed by atoms with Gasteiger partial charge in [0.1, 0.15) is 5.75 Å². The number of pyridine rings is 1. The van der Waals surface area contributed by atoms with Gasteiger partial charge in [-0.2, -0.15) is 0 Å². The Balaban J connectivity index is 2.30. The minimum absolute atomic E-state index is 0.293. The van der Waals surface area contributed by atoms with Crippen molar-refractivity contribution in [1.29, 1.82) is 0 Å². The second-order valence-electron chi connectivity index (χ2n) is 3.78. The Morgan fingerprint density at radius 1 is 1.15 bits per heavy atom. The monoisotopic (exact) mass is 303 g/mol. The van der Waals surface area contributed by atoms with Gasteiger partial charge in [0.15, 0.2) is 0 Å². The minimum Gasteiger partial charge on any atom is -0.481 e. The van der Waals surface area contributed by atoms with Gasteiger partial charge in [0, 0.05) is 11.6 Å². The highest BCUT2D eigenvalue weighted by atomic mass is 35.5. The van der Waals surface area contributed by atoms with E-state index in [1.807, 2.05) is 0 Å². The third kappa shape index (κ3) is 3.54. The number of halogens is 4. The molecule has 106 valence electrons. The lowest BCUT2D eigenvalue weighted by atomic mass is 10.1. The van der Waals surface area contributed by atoms with Gasteiger partial charge in [-0.05, 0) is 17.7 Å². The van der Waals surface area contributed by atoms with E-state index in [1.165, 1.54) is 37.6 Å². The van der Waals surface area contributed by atoms with E-state index in [2.05, 4.69) is 9.72 Å². The van der Waals surface area contributed by atoms with E-state index in [0.717, 1.165) is 0 Å². The van der Waals surface area contributed by atoms with E-state index >= 15 is 0 Å². The second-order valence-corrected chi connectivity index (χ2v) is 4.19. The van der Waals surface area contributed by atoms with Crippen LogP contribution in [0.1, 0.15) is 0 Å². The van der Waals surface area contributed by atoms with Crippen molar-refractivity contribution in [3.8, 4) is 22.8 Å². The van der Waals surface area contributed by atoms with E-state index in [-0.39, 0.29) is 5.75 Å². The fourth-order valence-corrected chi connectivity index (χ4v) is 1.80. The third-order valence-corrected chi connectivity index (χ3v) is 2.74. The van der Waals surface area contributed by atoms with Gasteiger partial charge >= 0.3 is 6.36 Å². The van der Waals surface area contributed by atoms with Crippen molar-refractivity contribution in [1.82, 2.24) is 4.98 Å². The first kappa shape index (κ1) is 14.5. The van der Waals surface area contributed by atoms with Crippen molar-refractivity contribution in [2.75, 3.05) is 7.11 Å². The largest absolute Gasteiger partial charge is 0.573 e. The molecule has 7 heteroatoms. The summed E-state index contributed by atoms with van der Waals surface area (Å²) >= 11 is 6.00. The lowest BCUT2D eigenvalue weighted by Crippen LogP contribution is -2.16. The van der Waals surface area contributed by atoms with Crippen LogP contribution in [0.25, 0.3) is 11.1 Å². The Bertz CT molecular complexity index is 600. The summed E-state index contributed by atoms with van der Waals surface area (Å²) in [5.41, 5.74) is 1.24. The van der Waals surface area contributed by atoms with Gasteiger partial charge in [-0.1, -0.05) is 23.7 Å². The first-order chi connectivity index (χ1) is 9.39. The average Bonchev–Trinajstić information content (AvgIpc) is 2.39. The predicted octanol–water partition coefficient (Wildman–Crippen LogP) is 4.31. The lowest BCUT2D eigenvalue weighted by molar-refractivity contribution is -0.274. The van der Waals surface area contributed by atoms with Gasteiger partial charge < -0.3 is 9.47 Å². The van der Waals surface area contributed by atoms with Gasteiger partial charge in [-0.3, -0.25) is 0 Å². The molecule has 1 heterocycles. The molecule has 20 heavy (non-hydrogen) atoms. The molecule has 0 radical (unpaired) electrons. The molecule has 2 rings (SSSR count). The molecule has 1 aromatic heterocycles. The molecule has 0 spiro atoms. The number of methoxy groups -OCH3 is 1. The first-order valence-electron chi connectivity index (χ1n) is 5.45. The molecule has 1 aromatic carbocycles. The summed E-state index contributed by atoms with van der Waals surface area (Å²) in [6, 6.07) is 6.98. The number of nitrogens with zero attached hydrogens (tertiary/aromatic N) is 1. The summed E-state index contributed by atoms with van der Waals surface area (Å²) in [5, 5.41) is 0.371. The van der Waals surface area contributed by atoms with Crippen molar-refractivity contribution in [2.24, 2.45) is 0 Å². The molecule has 0 saturated heterocycles. The molecule has 0 N–H and O–H groups in total. The van der Waals surface area contributed by atoms with Crippen molar-refractivity contribution >= 4 is 11.6 Å². The maximum Gasteiger partial charge on any atom is 0.573 e. The highest BCUT2D eigenvalue weighted by Gasteiger charge is 2.30. The molecule has 0 fully saturated rings. The van der Waals surface area contributed by atoms with Crippen LogP contribution in [0.4, 0.5) is 13.2 Å². The molecule has 0 aliphatic carbocycles. The lowest BCUT2D eigenvalue weighted by Gasteiger charge is -2.10. The molecule has 0 saturated carbocycles. The molecule has 2 aromatic rings. The summed E-state index contributed by atoms with van der Waals surface area (Å²) in [5.74, 6) is 0.0680. The van der Waals surface area contributed by atoms with Crippen LogP contribution in [-0.4, -0.2) is 18.5 Å². The Kier molecular flexibility index (Phi) is 4.04. The Hall–Kier alpha value is -1.95. The highest BCUT2D eigenvalue weighted by Crippen LogP contribution is 2.32. The van der Waals surface area contributed by atoms with Crippen molar-refractivity contribution in [2.45, 2.75) is 6.36 Å². The molecule has 0 amide bonds. The number of ether oxygens (including phenoxy) is 2. The van der Waals surface area contributed by atoms with Crippen molar-refractivity contribution < 1.29 is 22.6 Å². The molecule has 0 unspecified atom stereocenters. The predicted molar refractivity (Wildman–Crippen MR) is 67.9 cm³/mol. The molecule has 0 bridgehead atoms. The third-order valence-electron chi connectivity index (χ3n) is 2.44. The topological polar surface area (TPSA) is 31.4 Å². The van der Waals surface area contributed by atoms with Crippen molar-refractivity contribution in [3.63, 3.8) is 0 Å². The number of aromatic nitrogens is 1. The number of hydrogen-bond acceptors (Lipinski definition) is 3. The summed E-state index contributed by atoms with van der Waals surface area (Å²) in [7, 11) is 1.46. The van der Waals surface area contributed by atoms with Crippen molar-refractivity contribution in [3.05, 3.63) is 41.6 Å². The Morgan fingerprint density at radius 3 is 2.35 bits per heavy atom. The van der Waals surface area contributed by atoms with Gasteiger partial charge in [-0.15, -0.1) is 13.2 Å². The van der Waals surface area contributed by atoms with Gasteiger partial charge in [0.2, 0.25) is 5.88 Å². The molecular weight excluding hydrogens is 295 g/mol. The zero-order chi connectivity index (χ0) is 14.8. The normalized spacial score (nSPS) is 11.2. The van der Waals surface area contributed by atoms with Gasteiger partial charge in [-0.25, -0.2) is 4.98 Å². The summed E-state index contributed by atoms with van der Waals surface area (Å²) in [6.45, 7) is 0. The van der Waals surface area contributed by atoms with Crippen LogP contribution in [0.5, 0.6) is 11.6 Å². The molecule has 3 nitrogen and oxygen atoms in total. The molecule has 0 aliphatic rings. The van der Waals surface area contributed by atoms with Gasteiger partial charge in [0.05, 0.1) is 18.3 Å². The van der Waals surface area contributed by atoms with E-state index in [0.29, 0.717) is 22.0 Å². The van der Waals surface area contributed by atoms with Crippen LogP contribution >= 0.6 is 11.6 Å². The smallest absolute Gasteiger partial charge is 0.481 e. The Labute approximate surface area is 117 Å². The van der Waals surface area contributed by atoms with Crippen LogP contribution in [0, 0.1) is 0 Å². The summed E-state index contributed by atoms with van der Waals surface area (Å²) in [4.78, 5) is 3.92. The van der Waals surface area contributed by atoms with E-state index in [1.54, 1.807) is 6.07 Å². The van der Waals surface area contributed by atoms with Crippen LogP contribution in [0.2, 0.25) is 5.02 Å². The number of benzene rings is 1. The van der Waals surface area contributed by atoms with E-state index in [9.17, 15) is 13.2 Å². The molecule has 0 aliphatic heterocycles. The second kappa shape index (κ2) is 5.58. The standard InChI is InChI=1S/C13H9ClF3NO2/c1-19-12-6-10(11(14)7-18-12)8-2-4-9(5-3-8)20-13(15,16)17/h2-7H,1H3. The summed E-state index contributed by atoms with van der Waals surface area (Å²) in [6.07, 6.45) is -3.30. The zero-order valence-electron chi connectivity index (χ0n) is 10.2. The maximum absolute atomic E-state index is 12.1. The number of rotatable bonds is 3. The number of hydrogen-bond donors (Lipinski definition) is 0. The van der Waals surface area contributed by atoms with Crippen LogP contribution < -0.4 is 9.47 Å². The van der Waals surface area contributed by atoms with Crippen LogP contribution in [0.3, 0.4) is 0 Å². The fraction of sp³-hybridized carbons (Fsp3) is 0.154. The van der Waals surface area contributed by atoms with Crippen LogP contribution in [0.15, 0.2) is 36.5 Å². The molecule has 0 atom stereocenters. The minimum atomic E-state index is -4.71. The molecular formula is C13H9ClF3NO2. The van der Waals surface area contributed by atoms with Crippen LogP contribution in [-0.2, 0) is 0 Å². The zero-order valence-corrected chi connectivity index (χ0v) is 11.0. The quantitative estimate of drug-likeness (QED) is 0.846. The number of alkyl halides is 3. The first-order valence-corrected chi connectivity index (χ1v) is 5.82. The van der Waals surface area contributed by atoms with E-state index in [4.69, 9.17) is 16.3 Å².